The summed E-state index contributed by atoms with van der Waals surface area (Å²) < 4.78 is 5.36. The smallest absolute Gasteiger partial charge is 0.281 e. The number of amides is 1. The van der Waals surface area contributed by atoms with Gasteiger partial charge < -0.3 is 4.74 Å². The van der Waals surface area contributed by atoms with Gasteiger partial charge in [0.15, 0.2) is 6.61 Å². The Hall–Kier alpha value is -1.88. The molecule has 1 aliphatic heterocycles. The molecule has 140 valence electrons. The predicted octanol–water partition coefficient (Wildman–Crippen LogP) is 4.05. The molecule has 0 spiro atoms. The summed E-state index contributed by atoms with van der Waals surface area (Å²) in [5.74, 6) is 0.664. The Kier molecular flexibility index (Phi) is 5.97. The van der Waals surface area contributed by atoms with Crippen molar-refractivity contribution in [2.45, 2.75) is 52.0 Å². The molecule has 1 saturated carbocycles. The number of rotatable bonds is 6. The second-order valence-corrected chi connectivity index (χ2v) is 7.77. The third-order valence-electron chi connectivity index (χ3n) is 5.13. The van der Waals surface area contributed by atoms with Crippen LogP contribution in [0.4, 0.5) is 0 Å². The van der Waals surface area contributed by atoms with Crippen molar-refractivity contribution >= 4 is 28.6 Å². The molecule has 0 aromatic heterocycles. The Labute approximate surface area is 159 Å². The lowest BCUT2D eigenvalue weighted by molar-refractivity contribution is -0.136. The number of hydrazone groups is 1. The van der Waals surface area contributed by atoms with Crippen molar-refractivity contribution < 1.29 is 14.3 Å². The molecule has 3 rings (SSSR count). The summed E-state index contributed by atoms with van der Waals surface area (Å²) in [6, 6.07) is 7.81. The van der Waals surface area contributed by atoms with Crippen LogP contribution in [0.1, 0.15) is 56.6 Å². The van der Waals surface area contributed by atoms with Crippen molar-refractivity contribution in [1.29, 1.82) is 0 Å². The minimum atomic E-state index is -0.279. The molecule has 0 N–H and O–H groups in total. The lowest BCUT2D eigenvalue weighted by Gasteiger charge is -2.25. The number of hydrogen-bond donors (Lipinski definition) is 0. The minimum Gasteiger partial charge on any atom is -0.469 e. The monoisotopic (exact) mass is 376 g/mol. The molecule has 1 aliphatic carbocycles. The van der Waals surface area contributed by atoms with Gasteiger partial charge >= 0.3 is 0 Å². The van der Waals surface area contributed by atoms with Gasteiger partial charge in [-0.3, -0.25) is 9.59 Å². The Morgan fingerprint density at radius 2 is 1.92 bits per heavy atom. The highest BCUT2D eigenvalue weighted by atomic mass is 35.5. The second kappa shape index (κ2) is 8.21. The number of carbonyl (C=O) groups is 2. The fraction of sp³-hybridized carbons (Fsp3) is 0.550. The van der Waals surface area contributed by atoms with Gasteiger partial charge in [-0.2, -0.15) is 0 Å². The predicted molar refractivity (Wildman–Crippen MR) is 101 cm³/mol. The molecule has 0 saturated heterocycles. The van der Waals surface area contributed by atoms with Crippen LogP contribution in [0, 0.1) is 11.8 Å². The lowest BCUT2D eigenvalue weighted by Crippen LogP contribution is -2.37. The zero-order chi connectivity index (χ0) is 18.7. The van der Waals surface area contributed by atoms with Crippen LogP contribution in [0.3, 0.4) is 0 Å². The number of ether oxygens (including phenoxy) is 1. The first-order valence-corrected chi connectivity index (χ1v) is 9.63. The summed E-state index contributed by atoms with van der Waals surface area (Å²) in [5.41, 5.74) is 1.92. The molecular weight excluding hydrogens is 352 g/mol. The SMILES string of the molecule is CC(C)C1=NN(Cc2ccc(C(C(=O)Cl)C3CCCC3)cc2)C(=O)CO1. The molecule has 5 nitrogen and oxygen atoms in total. The van der Waals surface area contributed by atoms with Crippen LogP contribution in [0.5, 0.6) is 0 Å². The molecule has 1 heterocycles. The van der Waals surface area contributed by atoms with Gasteiger partial charge in [-0.1, -0.05) is 51.0 Å². The first-order valence-electron chi connectivity index (χ1n) is 9.25. The maximum Gasteiger partial charge on any atom is 0.281 e. The molecule has 1 fully saturated rings. The van der Waals surface area contributed by atoms with Gasteiger partial charge in [-0.15, -0.1) is 5.10 Å². The van der Waals surface area contributed by atoms with Crippen LogP contribution < -0.4 is 0 Å². The fourth-order valence-corrected chi connectivity index (χ4v) is 4.01. The van der Waals surface area contributed by atoms with Gasteiger partial charge in [0.1, 0.15) is 0 Å². The van der Waals surface area contributed by atoms with E-state index in [1.807, 2.05) is 38.1 Å². The maximum atomic E-state index is 12.0. The molecule has 1 atom stereocenters. The summed E-state index contributed by atoms with van der Waals surface area (Å²) in [6.07, 6.45) is 4.44. The summed E-state index contributed by atoms with van der Waals surface area (Å²) in [7, 11) is 0. The Morgan fingerprint density at radius 1 is 1.27 bits per heavy atom. The number of hydrogen-bond acceptors (Lipinski definition) is 4. The summed E-state index contributed by atoms with van der Waals surface area (Å²) >= 11 is 5.90. The Morgan fingerprint density at radius 3 is 2.50 bits per heavy atom. The molecule has 1 aromatic rings. The summed E-state index contributed by atoms with van der Waals surface area (Å²) in [4.78, 5) is 24.0. The molecule has 0 radical (unpaired) electrons. The van der Waals surface area contributed by atoms with Crippen LogP contribution in [-0.2, 0) is 20.9 Å². The second-order valence-electron chi connectivity index (χ2n) is 7.40. The molecule has 1 aromatic carbocycles. The van der Waals surface area contributed by atoms with Crippen LogP contribution in [0.15, 0.2) is 29.4 Å². The topological polar surface area (TPSA) is 59.0 Å². The molecule has 1 unspecified atom stereocenters. The number of carbonyl (C=O) groups excluding carboxylic acids is 2. The van der Waals surface area contributed by atoms with Gasteiger partial charge in [0, 0.05) is 5.92 Å². The van der Waals surface area contributed by atoms with Crippen LogP contribution >= 0.6 is 11.6 Å². The van der Waals surface area contributed by atoms with E-state index in [0.717, 1.165) is 24.0 Å². The normalized spacial score (nSPS) is 19.5. The lowest BCUT2D eigenvalue weighted by atomic mass is 9.85. The van der Waals surface area contributed by atoms with Crippen molar-refractivity contribution in [3.8, 4) is 0 Å². The highest BCUT2D eigenvalue weighted by molar-refractivity contribution is 6.64. The summed E-state index contributed by atoms with van der Waals surface area (Å²) in [6.45, 7) is 4.38. The van der Waals surface area contributed by atoms with Gasteiger partial charge in [0.2, 0.25) is 11.1 Å². The maximum absolute atomic E-state index is 12.0. The summed E-state index contributed by atoms with van der Waals surface area (Å²) in [5, 5.41) is 5.48. The van der Waals surface area contributed by atoms with Gasteiger partial charge in [0.25, 0.3) is 5.91 Å². The molecule has 0 bridgehead atoms. The molecule has 26 heavy (non-hydrogen) atoms. The van der Waals surface area contributed by atoms with E-state index in [9.17, 15) is 9.59 Å². The zero-order valence-electron chi connectivity index (χ0n) is 15.3. The average molecular weight is 377 g/mol. The fourth-order valence-electron chi connectivity index (χ4n) is 3.70. The quantitative estimate of drug-likeness (QED) is 0.703. The van der Waals surface area contributed by atoms with E-state index in [1.54, 1.807) is 0 Å². The van der Waals surface area contributed by atoms with E-state index in [1.165, 1.54) is 17.9 Å². The van der Waals surface area contributed by atoms with Crippen LogP contribution in [-0.4, -0.2) is 28.7 Å². The van der Waals surface area contributed by atoms with E-state index in [0.29, 0.717) is 18.4 Å². The Bertz CT molecular complexity index is 694. The number of nitrogens with zero attached hydrogens (tertiary/aromatic N) is 2. The van der Waals surface area contributed by atoms with Gasteiger partial charge in [-0.25, -0.2) is 5.01 Å². The largest absolute Gasteiger partial charge is 0.469 e. The first kappa shape index (κ1) is 18.9. The molecule has 2 aliphatic rings. The first-order chi connectivity index (χ1) is 12.5. The highest BCUT2D eigenvalue weighted by Crippen LogP contribution is 2.38. The third-order valence-corrected chi connectivity index (χ3v) is 5.37. The zero-order valence-corrected chi connectivity index (χ0v) is 16.0. The van der Waals surface area contributed by atoms with Crippen molar-refractivity contribution in [3.05, 3.63) is 35.4 Å². The van der Waals surface area contributed by atoms with Gasteiger partial charge in [-0.05, 0) is 41.5 Å². The van der Waals surface area contributed by atoms with E-state index >= 15 is 0 Å². The molecule has 6 heteroatoms. The van der Waals surface area contributed by atoms with Gasteiger partial charge in [0.05, 0.1) is 12.5 Å². The number of benzene rings is 1. The van der Waals surface area contributed by atoms with E-state index < -0.39 is 0 Å². The minimum absolute atomic E-state index is 0.0274. The van der Waals surface area contributed by atoms with Crippen molar-refractivity contribution in [3.63, 3.8) is 0 Å². The average Bonchev–Trinajstić information content (AvgIpc) is 3.12. The molecule has 1 amide bonds. The van der Waals surface area contributed by atoms with Crippen molar-refractivity contribution in [1.82, 2.24) is 5.01 Å². The van der Waals surface area contributed by atoms with Crippen molar-refractivity contribution in [2.24, 2.45) is 16.9 Å². The van der Waals surface area contributed by atoms with Crippen molar-refractivity contribution in [2.75, 3.05) is 6.61 Å². The van der Waals surface area contributed by atoms with Crippen LogP contribution in [0.25, 0.3) is 0 Å². The van der Waals surface area contributed by atoms with E-state index in [4.69, 9.17) is 16.3 Å². The third kappa shape index (κ3) is 4.26. The standard InChI is InChI=1S/C20H25ClN2O3/c1-13(2)20-22-23(17(24)12-26-20)11-14-7-9-16(10-8-14)18(19(21)25)15-5-3-4-6-15/h7-10,13,15,18H,3-6,11-12H2,1-2H3. The Balaban J connectivity index is 1.73. The van der Waals surface area contributed by atoms with Crippen LogP contribution in [0.2, 0.25) is 0 Å². The molecular formula is C20H25ClN2O3. The van der Waals surface area contributed by atoms with E-state index in [2.05, 4.69) is 5.10 Å². The number of halogens is 1. The van der Waals surface area contributed by atoms with E-state index in [-0.39, 0.29) is 29.6 Å². The highest BCUT2D eigenvalue weighted by Gasteiger charge is 2.31.